The second-order valence-electron chi connectivity index (χ2n) is 16.2. The number of aromatic nitrogens is 6. The summed E-state index contributed by atoms with van der Waals surface area (Å²) < 4.78 is 9.55. The lowest BCUT2D eigenvalue weighted by atomic mass is 10.1. The molecule has 2 heterocycles. The van der Waals surface area contributed by atoms with Crippen molar-refractivity contribution in [2.24, 2.45) is 0 Å². The van der Waals surface area contributed by atoms with Crippen LogP contribution in [0.5, 0.6) is 5.75 Å². The average Bonchev–Trinajstić information content (AvgIpc) is 3.97. The topological polar surface area (TPSA) is 129 Å². The molecule has 7 aromatic rings. The first-order valence-electron chi connectivity index (χ1n) is 23.1. The lowest BCUT2D eigenvalue weighted by Gasteiger charge is -2.11. The van der Waals surface area contributed by atoms with E-state index in [0.717, 1.165) is 125 Å². The van der Waals surface area contributed by atoms with Crippen LogP contribution in [0.4, 0.5) is 0 Å². The van der Waals surface area contributed by atoms with Crippen LogP contribution in [0.25, 0.3) is 11.4 Å². The minimum atomic E-state index is 0.0415. The number of unbranched alkanes of at least 4 members (excludes halogenated alkanes) is 3. The fourth-order valence-corrected chi connectivity index (χ4v) is 9.43. The number of carbonyl (C=O) groups is 2. The number of para-hydroxylation sites is 2. The molecule has 2 amide bonds. The van der Waals surface area contributed by atoms with Gasteiger partial charge in [0.1, 0.15) is 17.4 Å². The average molecular weight is 992 g/mol. The first-order chi connectivity index (χ1) is 33.2. The molecule has 0 radical (unpaired) electrons. The molecule has 7 rings (SSSR count). The molecule has 356 valence electrons. The molecule has 0 spiro atoms. The maximum Gasteiger partial charge on any atom is 0.220 e. The largest absolute Gasteiger partial charge is 0.496 e. The van der Waals surface area contributed by atoms with Crippen LogP contribution in [0.3, 0.4) is 0 Å². The minimum absolute atomic E-state index is 0.0415. The van der Waals surface area contributed by atoms with Crippen LogP contribution >= 0.6 is 46.7 Å². The van der Waals surface area contributed by atoms with Gasteiger partial charge in [-0.25, -0.2) is 0 Å². The predicted octanol–water partition coefficient (Wildman–Crippen LogP) is 12.4. The molecule has 0 unspecified atom stereocenters. The number of thioether (sulfide) groups is 2. The normalized spacial score (nSPS) is 10.9. The van der Waals surface area contributed by atoms with Crippen LogP contribution in [0.1, 0.15) is 92.2 Å². The minimum Gasteiger partial charge on any atom is -0.496 e. The van der Waals surface area contributed by atoms with Gasteiger partial charge in [0.15, 0.2) is 10.3 Å². The van der Waals surface area contributed by atoms with Crippen molar-refractivity contribution in [1.82, 2.24) is 40.2 Å². The molecule has 0 aliphatic heterocycles. The smallest absolute Gasteiger partial charge is 0.220 e. The van der Waals surface area contributed by atoms with E-state index < -0.39 is 0 Å². The molecule has 0 bridgehead atoms. The number of aryl methyl sites for hydroxylation is 3. The molecule has 0 fully saturated rings. The number of ether oxygens (including phenoxy) is 1. The Morgan fingerprint density at radius 2 is 1.18 bits per heavy atom. The lowest BCUT2D eigenvalue weighted by molar-refractivity contribution is -0.122. The number of hydrogen-bond acceptors (Lipinski definition) is 9. The summed E-state index contributed by atoms with van der Waals surface area (Å²) in [5, 5.41) is 26.9. The number of benzene rings is 5. The van der Waals surface area contributed by atoms with Crippen LogP contribution in [-0.4, -0.2) is 55.0 Å². The van der Waals surface area contributed by atoms with E-state index in [9.17, 15) is 9.59 Å². The van der Waals surface area contributed by atoms with Crippen molar-refractivity contribution in [2.75, 3.05) is 13.7 Å². The Morgan fingerprint density at radius 3 is 1.81 bits per heavy atom. The van der Waals surface area contributed by atoms with E-state index in [4.69, 9.17) is 27.9 Å². The fraction of sp³-hybridized carbons (Fsp3) is 0.321. The molecule has 11 nitrogen and oxygen atoms in total. The van der Waals surface area contributed by atoms with Gasteiger partial charge in [-0.1, -0.05) is 144 Å². The summed E-state index contributed by atoms with van der Waals surface area (Å²) in [5.74, 6) is 4.30. The number of rotatable bonds is 24. The van der Waals surface area contributed by atoms with Gasteiger partial charge in [0.25, 0.3) is 0 Å². The number of methoxy groups -OCH3 is 1. The van der Waals surface area contributed by atoms with Crippen molar-refractivity contribution < 1.29 is 14.3 Å². The number of nitrogens with one attached hydrogen (secondary N) is 2. The van der Waals surface area contributed by atoms with Gasteiger partial charge >= 0.3 is 0 Å². The highest BCUT2D eigenvalue weighted by atomic mass is 35.5. The van der Waals surface area contributed by atoms with Crippen LogP contribution in [0.2, 0.25) is 10.0 Å². The summed E-state index contributed by atoms with van der Waals surface area (Å²) in [6.45, 7) is 5.43. The predicted molar refractivity (Wildman–Crippen MR) is 277 cm³/mol. The van der Waals surface area contributed by atoms with Gasteiger partial charge in [-0.2, -0.15) is 0 Å². The molecule has 0 aliphatic rings. The molecule has 0 aliphatic carbocycles. The van der Waals surface area contributed by atoms with Gasteiger partial charge in [0.05, 0.1) is 12.8 Å². The third-order valence-electron chi connectivity index (χ3n) is 10.9. The zero-order valence-corrected chi connectivity index (χ0v) is 42.1. The first-order valence-corrected chi connectivity index (χ1v) is 25.8. The summed E-state index contributed by atoms with van der Waals surface area (Å²) in [6.07, 6.45) is 7.91. The van der Waals surface area contributed by atoms with Gasteiger partial charge in [0, 0.05) is 71.6 Å². The monoisotopic (exact) mass is 990 g/mol. The number of nitrogens with zero attached hydrogens (tertiary/aromatic N) is 6. The SMILES string of the molecule is CCCCNC(=O)CCCCc1nnc(SCc2cccc(Cl)c2)n1-c1cccc(Cl)c1.COc1ccccc1CNC(=O)CCCCc1nnc(SCc2ccc(C)cc2)n1-c1ccccc1. The Bertz CT molecular complexity index is 2640. The molecule has 68 heavy (non-hydrogen) atoms. The lowest BCUT2D eigenvalue weighted by Crippen LogP contribution is -2.23. The van der Waals surface area contributed by atoms with Crippen molar-refractivity contribution in [3.05, 3.63) is 171 Å². The molecule has 5 aromatic carbocycles. The van der Waals surface area contributed by atoms with Crippen molar-refractivity contribution in [3.63, 3.8) is 0 Å². The van der Waals surface area contributed by atoms with Crippen LogP contribution < -0.4 is 15.4 Å². The van der Waals surface area contributed by atoms with Gasteiger partial charge < -0.3 is 15.4 Å². The zero-order valence-electron chi connectivity index (χ0n) is 39.0. The molecule has 15 heteroatoms. The number of halogens is 2. The van der Waals surface area contributed by atoms with Crippen molar-refractivity contribution >= 4 is 58.5 Å². The van der Waals surface area contributed by atoms with Crippen molar-refractivity contribution in [2.45, 2.75) is 106 Å². The highest BCUT2D eigenvalue weighted by Gasteiger charge is 2.17. The summed E-state index contributed by atoms with van der Waals surface area (Å²) in [5.41, 5.74) is 6.60. The van der Waals surface area contributed by atoms with E-state index in [2.05, 4.69) is 90.4 Å². The van der Waals surface area contributed by atoms with Crippen LogP contribution in [0.15, 0.2) is 138 Å². The number of hydrogen-bond donors (Lipinski definition) is 2. The highest BCUT2D eigenvalue weighted by Crippen LogP contribution is 2.29. The van der Waals surface area contributed by atoms with E-state index in [0.29, 0.717) is 24.4 Å². The Balaban J connectivity index is 0.000000226. The molecule has 0 saturated carbocycles. The maximum atomic E-state index is 12.4. The van der Waals surface area contributed by atoms with Crippen LogP contribution in [-0.2, 0) is 40.5 Å². The maximum absolute atomic E-state index is 12.4. The Morgan fingerprint density at radius 1 is 0.603 bits per heavy atom. The first kappa shape index (κ1) is 51.8. The van der Waals surface area contributed by atoms with Crippen molar-refractivity contribution in [1.29, 1.82) is 0 Å². The summed E-state index contributed by atoms with van der Waals surface area (Å²) in [7, 11) is 1.64. The second-order valence-corrected chi connectivity index (χ2v) is 18.9. The Kier molecular flexibility index (Phi) is 21.3. The van der Waals surface area contributed by atoms with Crippen LogP contribution in [0, 0.1) is 6.92 Å². The molecular formula is C53H60Cl2N8O3S2. The van der Waals surface area contributed by atoms with E-state index in [-0.39, 0.29) is 11.8 Å². The second kappa shape index (κ2) is 28.0. The standard InChI is InChI=1S/C29H32N4O2S.C24H28Cl2N4OS/c1-22-16-18-23(19-17-22)21-36-29-32-31-27(33(29)25-11-4-3-5-12-25)14-8-9-15-28(34)30-20-24-10-6-7-13-26(24)35-2;1-2-3-14-27-23(31)13-5-4-12-22-28-29-24(30(22)21-11-7-10-20(26)16-21)32-17-18-8-6-9-19(25)15-18/h3-7,10-13,16-19H,8-9,14-15,20-21H2,1-2H3,(H,30,34);6-11,15-16H,2-5,12-14,17H2,1H3,(H,27,31). The van der Waals surface area contributed by atoms with Gasteiger partial charge in [-0.3, -0.25) is 18.7 Å². The molecule has 2 N–H and O–H groups in total. The van der Waals surface area contributed by atoms with Crippen molar-refractivity contribution in [3.8, 4) is 17.1 Å². The van der Waals surface area contributed by atoms with E-state index in [1.165, 1.54) is 11.1 Å². The van der Waals surface area contributed by atoms with Gasteiger partial charge in [0.2, 0.25) is 11.8 Å². The number of amides is 2. The Hall–Kier alpha value is -5.60. The summed E-state index contributed by atoms with van der Waals surface area (Å²) >= 11 is 15.7. The quantitative estimate of drug-likeness (QED) is 0.0449. The number of carbonyl (C=O) groups excluding carboxylic acids is 2. The molecular weight excluding hydrogens is 932 g/mol. The van der Waals surface area contributed by atoms with Gasteiger partial charge in [-0.05, 0) is 98.7 Å². The van der Waals surface area contributed by atoms with Gasteiger partial charge in [-0.15, -0.1) is 20.4 Å². The third-order valence-corrected chi connectivity index (χ3v) is 13.3. The highest BCUT2D eigenvalue weighted by molar-refractivity contribution is 7.98. The zero-order chi connectivity index (χ0) is 47.9. The Labute approximate surface area is 419 Å². The summed E-state index contributed by atoms with van der Waals surface area (Å²) in [6, 6.07) is 42.1. The van der Waals surface area contributed by atoms with E-state index in [1.54, 1.807) is 30.6 Å². The molecule has 2 aromatic heterocycles. The third kappa shape index (κ3) is 16.6. The fourth-order valence-electron chi connectivity index (χ4n) is 7.19. The van der Waals surface area contributed by atoms with E-state index in [1.807, 2.05) is 91.0 Å². The summed E-state index contributed by atoms with van der Waals surface area (Å²) in [4.78, 5) is 24.3. The van der Waals surface area contributed by atoms with E-state index >= 15 is 0 Å². The molecule has 0 atom stereocenters. The molecule has 0 saturated heterocycles.